The summed E-state index contributed by atoms with van der Waals surface area (Å²) < 4.78 is 8.64. The first kappa shape index (κ1) is 38.5. The van der Waals surface area contributed by atoms with E-state index >= 15 is 0 Å². The largest absolute Gasteiger partial charge is 0.456 e. The Kier molecular flexibility index (Phi) is 9.17. The summed E-state index contributed by atoms with van der Waals surface area (Å²) in [6.07, 6.45) is 0. The second kappa shape index (κ2) is 16.0. The predicted molar refractivity (Wildman–Crippen MR) is 282 cm³/mol. The van der Waals surface area contributed by atoms with E-state index in [1.807, 2.05) is 12.1 Å². The number of rotatable bonds is 8. The van der Waals surface area contributed by atoms with Gasteiger partial charge in [-0.2, -0.15) is 0 Å². The summed E-state index contributed by atoms with van der Waals surface area (Å²) in [5.74, 6) is 0. The third-order valence-electron chi connectivity index (χ3n) is 13.4. The van der Waals surface area contributed by atoms with Crippen LogP contribution in [0.25, 0.3) is 105 Å². The number of benzene rings is 11. The van der Waals surface area contributed by atoms with Crippen molar-refractivity contribution in [2.75, 3.05) is 4.90 Å². The number of fused-ring (bicyclic) bond motifs is 7. The quantitative estimate of drug-likeness (QED) is 0.152. The molecule has 3 nitrogen and oxygen atoms in total. The highest BCUT2D eigenvalue weighted by Crippen LogP contribution is 2.48. The van der Waals surface area contributed by atoms with Gasteiger partial charge in [-0.25, -0.2) is 0 Å². The Labute approximate surface area is 388 Å². The Morgan fingerprint density at radius 2 is 0.881 bits per heavy atom. The number of furan rings is 1. The first-order chi connectivity index (χ1) is 33.2. The number of aromatic nitrogens is 1. The van der Waals surface area contributed by atoms with Crippen LogP contribution in [-0.4, -0.2) is 4.57 Å². The summed E-state index contributed by atoms with van der Waals surface area (Å²) in [5, 5.41) is 7.10. The van der Waals surface area contributed by atoms with Crippen molar-refractivity contribution < 1.29 is 4.42 Å². The van der Waals surface area contributed by atoms with Crippen molar-refractivity contribution in [1.82, 2.24) is 4.57 Å². The number of hydrogen-bond acceptors (Lipinski definition) is 2. The Bertz CT molecular complexity index is 3990. The minimum Gasteiger partial charge on any atom is -0.456 e. The molecule has 0 N–H and O–H groups in total. The van der Waals surface area contributed by atoms with Gasteiger partial charge in [0.2, 0.25) is 0 Å². The molecule has 0 saturated heterocycles. The summed E-state index contributed by atoms with van der Waals surface area (Å²) >= 11 is 0. The van der Waals surface area contributed by atoms with Crippen LogP contribution in [-0.2, 0) is 0 Å². The van der Waals surface area contributed by atoms with Crippen LogP contribution >= 0.6 is 0 Å². The molecule has 13 aromatic rings. The average molecular weight is 855 g/mol. The fraction of sp³-hybridized carbons (Fsp3) is 0. The molecule has 0 saturated carbocycles. The van der Waals surface area contributed by atoms with Gasteiger partial charge in [0.15, 0.2) is 0 Å². The van der Waals surface area contributed by atoms with Crippen molar-refractivity contribution in [2.45, 2.75) is 0 Å². The molecule has 67 heavy (non-hydrogen) atoms. The van der Waals surface area contributed by atoms with E-state index in [0.717, 1.165) is 72.5 Å². The van der Waals surface area contributed by atoms with Crippen LogP contribution in [0.1, 0.15) is 0 Å². The van der Waals surface area contributed by atoms with E-state index in [9.17, 15) is 0 Å². The van der Waals surface area contributed by atoms with Gasteiger partial charge in [0.25, 0.3) is 0 Å². The molecular formula is C64H42N2O. The lowest BCUT2D eigenvalue weighted by Crippen LogP contribution is -2.12. The maximum Gasteiger partial charge on any atom is 0.135 e. The van der Waals surface area contributed by atoms with E-state index in [4.69, 9.17) is 4.42 Å². The second-order valence-corrected chi connectivity index (χ2v) is 17.2. The van der Waals surface area contributed by atoms with Crippen LogP contribution in [0.3, 0.4) is 0 Å². The Morgan fingerprint density at radius 1 is 0.313 bits per heavy atom. The molecule has 0 aliphatic rings. The van der Waals surface area contributed by atoms with Gasteiger partial charge in [0.05, 0.1) is 22.4 Å². The van der Waals surface area contributed by atoms with Crippen molar-refractivity contribution in [3.8, 4) is 50.2 Å². The van der Waals surface area contributed by atoms with Crippen molar-refractivity contribution in [3.05, 3.63) is 255 Å². The average Bonchev–Trinajstić information content (AvgIpc) is 3.94. The molecule has 0 spiro atoms. The lowest BCUT2D eigenvalue weighted by Gasteiger charge is -2.30. The predicted octanol–water partition coefficient (Wildman–Crippen LogP) is 18.0. The third-order valence-corrected chi connectivity index (χ3v) is 13.4. The van der Waals surface area contributed by atoms with Gasteiger partial charge in [0, 0.05) is 44.0 Å². The van der Waals surface area contributed by atoms with E-state index in [1.54, 1.807) is 0 Å². The van der Waals surface area contributed by atoms with Gasteiger partial charge in [-0.3, -0.25) is 0 Å². The van der Waals surface area contributed by atoms with Gasteiger partial charge in [-0.05, 0) is 117 Å². The molecule has 0 unspecified atom stereocenters. The molecule has 11 aromatic carbocycles. The molecule has 0 atom stereocenters. The van der Waals surface area contributed by atoms with Gasteiger partial charge in [0.1, 0.15) is 11.2 Å². The molecule has 0 aliphatic carbocycles. The minimum absolute atomic E-state index is 0.888. The van der Waals surface area contributed by atoms with Crippen LogP contribution in [0.4, 0.5) is 17.1 Å². The molecule has 0 bridgehead atoms. The number of hydrogen-bond donors (Lipinski definition) is 0. The SMILES string of the molecule is c1ccc(-c2cccc3cccc(-c4ccccc4N(c4cccc(-c5ccc6oc7ccccc7c6c5)c4)c4ccccc4-c4ccc5c(c4)c4ccccc4n5-c4ccccc4)c23)cc1. The first-order valence-corrected chi connectivity index (χ1v) is 22.9. The molecule has 13 rings (SSSR count). The standard InChI is InChI=1S/C64H42N2O/c1-3-18-43(19-4-1)51-30-16-20-44-21-17-31-55(64(44)51)52-27-8-12-33-59(52)66(49-25-15-22-45(40-49)46-37-39-63-57(41-46)54-29-10-14-35-62(54)67-63)58-32-11-7-26-50(58)47-36-38-61-56(42-47)53-28-9-13-34-60(53)65(61)48-23-5-2-6-24-48/h1-42H. The molecule has 314 valence electrons. The number of para-hydroxylation sites is 5. The Balaban J connectivity index is 1.05. The van der Waals surface area contributed by atoms with E-state index in [0.29, 0.717) is 0 Å². The maximum atomic E-state index is 6.26. The van der Waals surface area contributed by atoms with Gasteiger partial charge in [-0.15, -0.1) is 0 Å². The molecule has 2 aromatic heterocycles. The summed E-state index contributed by atoms with van der Waals surface area (Å²) in [7, 11) is 0. The molecule has 0 fully saturated rings. The maximum absolute atomic E-state index is 6.26. The molecule has 0 radical (unpaired) electrons. The topological polar surface area (TPSA) is 21.3 Å². The van der Waals surface area contributed by atoms with Gasteiger partial charge < -0.3 is 13.9 Å². The molecule has 0 amide bonds. The summed E-state index contributed by atoms with van der Waals surface area (Å²) in [5.41, 5.74) is 17.8. The first-order valence-electron chi connectivity index (χ1n) is 22.9. The fourth-order valence-corrected chi connectivity index (χ4v) is 10.4. The van der Waals surface area contributed by atoms with Crippen LogP contribution in [0.15, 0.2) is 259 Å². The summed E-state index contributed by atoms with van der Waals surface area (Å²) in [4.78, 5) is 2.47. The number of anilines is 3. The van der Waals surface area contributed by atoms with Crippen LogP contribution in [0, 0.1) is 0 Å². The van der Waals surface area contributed by atoms with Crippen LogP contribution < -0.4 is 4.90 Å². The van der Waals surface area contributed by atoms with Gasteiger partial charge >= 0.3 is 0 Å². The van der Waals surface area contributed by atoms with Crippen LogP contribution in [0.5, 0.6) is 0 Å². The van der Waals surface area contributed by atoms with Gasteiger partial charge in [-0.1, -0.05) is 182 Å². The second-order valence-electron chi connectivity index (χ2n) is 17.2. The molecular weight excluding hydrogens is 813 g/mol. The van der Waals surface area contributed by atoms with Crippen molar-refractivity contribution in [3.63, 3.8) is 0 Å². The normalized spacial score (nSPS) is 11.6. The fourth-order valence-electron chi connectivity index (χ4n) is 10.4. The zero-order valence-electron chi connectivity index (χ0n) is 36.6. The zero-order valence-corrected chi connectivity index (χ0v) is 36.6. The van der Waals surface area contributed by atoms with Crippen LogP contribution in [0.2, 0.25) is 0 Å². The molecule has 0 aliphatic heterocycles. The Morgan fingerprint density at radius 3 is 1.72 bits per heavy atom. The van der Waals surface area contributed by atoms with E-state index in [2.05, 4.69) is 252 Å². The highest BCUT2D eigenvalue weighted by Gasteiger charge is 2.23. The molecule has 2 heterocycles. The lowest BCUT2D eigenvalue weighted by molar-refractivity contribution is 0.669. The lowest BCUT2D eigenvalue weighted by atomic mass is 9.90. The zero-order chi connectivity index (χ0) is 44.3. The summed E-state index contributed by atoms with van der Waals surface area (Å²) in [6, 6.07) is 92.2. The monoisotopic (exact) mass is 854 g/mol. The number of nitrogens with zero attached hydrogens (tertiary/aromatic N) is 2. The third kappa shape index (κ3) is 6.51. The highest BCUT2D eigenvalue weighted by atomic mass is 16.3. The summed E-state index contributed by atoms with van der Waals surface area (Å²) in [6.45, 7) is 0. The van der Waals surface area contributed by atoms with Crippen molar-refractivity contribution in [1.29, 1.82) is 0 Å². The minimum atomic E-state index is 0.888. The molecule has 3 heteroatoms. The van der Waals surface area contributed by atoms with E-state index in [-0.39, 0.29) is 0 Å². The smallest absolute Gasteiger partial charge is 0.135 e. The highest BCUT2D eigenvalue weighted by molar-refractivity contribution is 6.12. The Hall–Kier alpha value is -8.92. The van der Waals surface area contributed by atoms with Crippen molar-refractivity contribution >= 4 is 71.6 Å². The van der Waals surface area contributed by atoms with E-state index < -0.39 is 0 Å². The van der Waals surface area contributed by atoms with E-state index in [1.165, 1.54) is 49.3 Å². The van der Waals surface area contributed by atoms with Crippen molar-refractivity contribution in [2.24, 2.45) is 0 Å².